The van der Waals surface area contributed by atoms with E-state index in [0.29, 0.717) is 10.9 Å². The molecular formula is C11H10ClIN2. The van der Waals surface area contributed by atoms with Gasteiger partial charge in [0.2, 0.25) is 0 Å². The molecule has 1 aromatic heterocycles. The van der Waals surface area contributed by atoms with E-state index in [4.69, 9.17) is 11.6 Å². The second-order valence-electron chi connectivity index (χ2n) is 3.70. The molecule has 1 aromatic carbocycles. The van der Waals surface area contributed by atoms with E-state index in [2.05, 4.69) is 52.7 Å². The van der Waals surface area contributed by atoms with Crippen LogP contribution in [0.3, 0.4) is 0 Å². The van der Waals surface area contributed by atoms with Gasteiger partial charge >= 0.3 is 0 Å². The molecule has 0 amide bonds. The molecule has 0 fully saturated rings. The second kappa shape index (κ2) is 4.22. The number of fused-ring (bicyclic) bond motifs is 1. The molecule has 0 radical (unpaired) electrons. The first kappa shape index (κ1) is 11.1. The Morgan fingerprint density at radius 3 is 2.67 bits per heavy atom. The van der Waals surface area contributed by atoms with Crippen LogP contribution in [0.1, 0.15) is 25.3 Å². The molecule has 0 atom stereocenters. The van der Waals surface area contributed by atoms with Gasteiger partial charge in [-0.2, -0.15) is 0 Å². The highest BCUT2D eigenvalue weighted by atomic mass is 127. The van der Waals surface area contributed by atoms with Gasteiger partial charge in [0.05, 0.1) is 10.5 Å². The summed E-state index contributed by atoms with van der Waals surface area (Å²) in [5, 5.41) is 9.96. The largest absolute Gasteiger partial charge is 0.149 e. The molecule has 2 aromatic rings. The van der Waals surface area contributed by atoms with Crippen molar-refractivity contribution < 1.29 is 0 Å². The van der Waals surface area contributed by atoms with Gasteiger partial charge in [0.25, 0.3) is 0 Å². The Kier molecular flexibility index (Phi) is 3.11. The van der Waals surface area contributed by atoms with Crippen LogP contribution >= 0.6 is 34.2 Å². The fourth-order valence-electron chi connectivity index (χ4n) is 1.56. The van der Waals surface area contributed by atoms with Crippen LogP contribution in [-0.2, 0) is 0 Å². The van der Waals surface area contributed by atoms with Crippen LogP contribution < -0.4 is 0 Å². The molecule has 0 bridgehead atoms. The molecule has 2 nitrogen and oxygen atoms in total. The number of benzene rings is 1. The van der Waals surface area contributed by atoms with Gasteiger partial charge in [0.1, 0.15) is 3.70 Å². The van der Waals surface area contributed by atoms with Gasteiger partial charge in [-0.05, 0) is 34.1 Å². The molecule has 0 unspecified atom stereocenters. The third-order valence-corrected chi connectivity index (χ3v) is 3.80. The minimum Gasteiger partial charge on any atom is -0.149 e. The summed E-state index contributed by atoms with van der Waals surface area (Å²) in [4.78, 5) is 0. The van der Waals surface area contributed by atoms with Crippen LogP contribution in [0.5, 0.6) is 0 Å². The van der Waals surface area contributed by atoms with Crippen molar-refractivity contribution in [3.05, 3.63) is 32.5 Å². The van der Waals surface area contributed by atoms with Crippen molar-refractivity contribution in [2.24, 2.45) is 0 Å². The maximum atomic E-state index is 6.19. The Balaban J connectivity index is 2.83. The third kappa shape index (κ3) is 1.95. The lowest BCUT2D eigenvalue weighted by molar-refractivity contribution is 0.867. The van der Waals surface area contributed by atoms with Crippen molar-refractivity contribution in [3.63, 3.8) is 0 Å². The van der Waals surface area contributed by atoms with E-state index in [1.165, 1.54) is 5.56 Å². The number of aromatic nitrogens is 2. The molecule has 0 N–H and O–H groups in total. The van der Waals surface area contributed by atoms with E-state index < -0.39 is 0 Å². The Bertz CT molecular complexity index is 511. The third-order valence-electron chi connectivity index (χ3n) is 2.34. The topological polar surface area (TPSA) is 25.8 Å². The van der Waals surface area contributed by atoms with Crippen molar-refractivity contribution in [3.8, 4) is 0 Å². The molecule has 0 aliphatic carbocycles. The predicted octanol–water partition coefficient (Wildman–Crippen LogP) is 4.01. The summed E-state index contributed by atoms with van der Waals surface area (Å²) in [6, 6.07) is 6.08. The molecule has 4 heteroatoms. The lowest BCUT2D eigenvalue weighted by Gasteiger charge is -2.09. The van der Waals surface area contributed by atoms with E-state index in [1.807, 2.05) is 12.1 Å². The summed E-state index contributed by atoms with van der Waals surface area (Å²) in [7, 11) is 0. The van der Waals surface area contributed by atoms with Crippen LogP contribution in [0.25, 0.3) is 10.9 Å². The zero-order chi connectivity index (χ0) is 11.0. The molecular weight excluding hydrogens is 322 g/mol. The Morgan fingerprint density at radius 2 is 2.00 bits per heavy atom. The van der Waals surface area contributed by atoms with Crippen molar-refractivity contribution in [2.45, 2.75) is 19.8 Å². The van der Waals surface area contributed by atoms with E-state index in [0.717, 1.165) is 14.6 Å². The van der Waals surface area contributed by atoms with Gasteiger partial charge in [-0.1, -0.05) is 43.6 Å². The molecule has 0 saturated heterocycles. The average molecular weight is 333 g/mol. The lowest BCUT2D eigenvalue weighted by Crippen LogP contribution is -1.96. The molecule has 0 spiro atoms. The Morgan fingerprint density at radius 1 is 1.27 bits per heavy atom. The monoisotopic (exact) mass is 332 g/mol. The first-order chi connectivity index (χ1) is 7.11. The van der Waals surface area contributed by atoms with Crippen molar-refractivity contribution >= 4 is 45.1 Å². The number of nitrogens with zero attached hydrogens (tertiary/aromatic N) is 2. The van der Waals surface area contributed by atoms with Gasteiger partial charge in [-0.3, -0.25) is 0 Å². The van der Waals surface area contributed by atoms with E-state index in [1.54, 1.807) is 0 Å². The van der Waals surface area contributed by atoms with Gasteiger partial charge < -0.3 is 0 Å². The maximum absolute atomic E-state index is 6.19. The smallest absolute Gasteiger partial charge is 0.143 e. The highest BCUT2D eigenvalue weighted by molar-refractivity contribution is 14.1. The van der Waals surface area contributed by atoms with Crippen LogP contribution in [0.15, 0.2) is 18.2 Å². The molecule has 2 rings (SSSR count). The summed E-state index contributed by atoms with van der Waals surface area (Å²) in [5.74, 6) is 0.430. The molecule has 0 aliphatic rings. The molecule has 78 valence electrons. The van der Waals surface area contributed by atoms with Crippen molar-refractivity contribution in [1.29, 1.82) is 0 Å². The van der Waals surface area contributed by atoms with Gasteiger partial charge in [0.15, 0.2) is 0 Å². The average Bonchev–Trinajstić information content (AvgIpc) is 2.23. The molecule has 15 heavy (non-hydrogen) atoms. The Labute approximate surface area is 107 Å². The standard InChI is InChI=1S/C11H10ClIN2/c1-6(2)7-4-3-5-8-9(12)11(13)15-14-10(7)8/h3-6H,1-2H3. The quantitative estimate of drug-likeness (QED) is 0.737. The van der Waals surface area contributed by atoms with Crippen molar-refractivity contribution in [1.82, 2.24) is 10.2 Å². The van der Waals surface area contributed by atoms with Crippen LogP contribution in [-0.4, -0.2) is 10.2 Å². The zero-order valence-corrected chi connectivity index (χ0v) is 11.4. The minimum atomic E-state index is 0.430. The normalized spacial score (nSPS) is 11.3. The van der Waals surface area contributed by atoms with Gasteiger partial charge in [-0.25, -0.2) is 0 Å². The van der Waals surface area contributed by atoms with E-state index >= 15 is 0 Å². The minimum absolute atomic E-state index is 0.430. The lowest BCUT2D eigenvalue weighted by atomic mass is 10.0. The van der Waals surface area contributed by atoms with Gasteiger partial charge in [0, 0.05) is 5.39 Å². The van der Waals surface area contributed by atoms with Gasteiger partial charge in [-0.15, -0.1) is 10.2 Å². The maximum Gasteiger partial charge on any atom is 0.143 e. The summed E-state index contributed by atoms with van der Waals surface area (Å²) in [6.45, 7) is 4.28. The summed E-state index contributed by atoms with van der Waals surface area (Å²) in [5.41, 5.74) is 2.11. The molecule has 0 saturated carbocycles. The van der Waals surface area contributed by atoms with Crippen LogP contribution in [0.2, 0.25) is 5.02 Å². The number of halogens is 2. The molecule has 0 aliphatic heterocycles. The fraction of sp³-hybridized carbons (Fsp3) is 0.273. The SMILES string of the molecule is CC(C)c1cccc2c(Cl)c(I)nnc12. The number of rotatable bonds is 1. The highest BCUT2D eigenvalue weighted by Crippen LogP contribution is 2.29. The highest BCUT2D eigenvalue weighted by Gasteiger charge is 2.11. The summed E-state index contributed by atoms with van der Waals surface area (Å²) in [6.07, 6.45) is 0. The van der Waals surface area contributed by atoms with Crippen molar-refractivity contribution in [2.75, 3.05) is 0 Å². The van der Waals surface area contributed by atoms with Crippen LogP contribution in [0.4, 0.5) is 0 Å². The first-order valence-corrected chi connectivity index (χ1v) is 6.17. The first-order valence-electron chi connectivity index (χ1n) is 4.71. The van der Waals surface area contributed by atoms with E-state index in [9.17, 15) is 0 Å². The predicted molar refractivity (Wildman–Crippen MR) is 71.4 cm³/mol. The zero-order valence-electron chi connectivity index (χ0n) is 8.46. The number of hydrogen-bond acceptors (Lipinski definition) is 2. The summed E-state index contributed by atoms with van der Waals surface area (Å²) < 4.78 is 0.752. The fourth-order valence-corrected chi connectivity index (χ4v) is 2.15. The molecule has 1 heterocycles. The number of hydrogen-bond donors (Lipinski definition) is 0. The Hall–Kier alpha value is -0.420. The van der Waals surface area contributed by atoms with Crippen LogP contribution in [0, 0.1) is 3.70 Å². The second-order valence-corrected chi connectivity index (χ2v) is 5.10. The van der Waals surface area contributed by atoms with E-state index in [-0.39, 0.29) is 0 Å². The summed E-state index contributed by atoms with van der Waals surface area (Å²) >= 11 is 8.29.